The molecule has 0 N–H and O–H groups in total. The van der Waals surface area contributed by atoms with Gasteiger partial charge in [-0.05, 0) is 26.2 Å². The highest BCUT2D eigenvalue weighted by molar-refractivity contribution is 5.87. The molecule has 0 aromatic heterocycles. The van der Waals surface area contributed by atoms with Gasteiger partial charge >= 0.3 is 5.97 Å². The van der Waals surface area contributed by atoms with E-state index in [0.29, 0.717) is 11.7 Å². The third-order valence-corrected chi connectivity index (χ3v) is 2.22. The van der Waals surface area contributed by atoms with Crippen molar-refractivity contribution in [3.63, 3.8) is 0 Å². The van der Waals surface area contributed by atoms with Crippen molar-refractivity contribution in [1.29, 1.82) is 0 Å². The van der Waals surface area contributed by atoms with Gasteiger partial charge in [0.05, 0.1) is 13.2 Å². The van der Waals surface area contributed by atoms with Crippen molar-refractivity contribution in [3.05, 3.63) is 11.6 Å². The fraction of sp³-hybridized carbons (Fsp3) is 0.700. The van der Waals surface area contributed by atoms with Crippen molar-refractivity contribution in [2.75, 3.05) is 13.7 Å². The SMILES string of the molecule is COC(=O)C(C)=CCC1CCCO1. The maximum atomic E-state index is 11.0. The molecule has 1 rings (SSSR count). The highest BCUT2D eigenvalue weighted by Gasteiger charge is 2.14. The summed E-state index contributed by atoms with van der Waals surface area (Å²) in [6, 6.07) is 0. The summed E-state index contributed by atoms with van der Waals surface area (Å²) in [4.78, 5) is 11.0. The van der Waals surface area contributed by atoms with Crippen LogP contribution in [0.25, 0.3) is 0 Å². The van der Waals surface area contributed by atoms with E-state index >= 15 is 0 Å². The van der Waals surface area contributed by atoms with Crippen LogP contribution in [-0.4, -0.2) is 25.8 Å². The molecule has 1 aliphatic rings. The van der Waals surface area contributed by atoms with Crippen LogP contribution in [0.2, 0.25) is 0 Å². The van der Waals surface area contributed by atoms with Crippen LogP contribution < -0.4 is 0 Å². The molecule has 1 atom stereocenters. The molecule has 0 bridgehead atoms. The van der Waals surface area contributed by atoms with Crippen molar-refractivity contribution in [1.82, 2.24) is 0 Å². The number of esters is 1. The van der Waals surface area contributed by atoms with Gasteiger partial charge in [-0.3, -0.25) is 0 Å². The van der Waals surface area contributed by atoms with Crippen LogP contribution in [0, 0.1) is 0 Å². The Bertz CT molecular complexity index is 202. The summed E-state index contributed by atoms with van der Waals surface area (Å²) >= 11 is 0. The fourth-order valence-electron chi connectivity index (χ4n) is 1.38. The van der Waals surface area contributed by atoms with Crippen LogP contribution >= 0.6 is 0 Å². The highest BCUT2D eigenvalue weighted by Crippen LogP contribution is 2.16. The zero-order valence-electron chi connectivity index (χ0n) is 8.21. The Hall–Kier alpha value is -0.830. The molecule has 3 nitrogen and oxygen atoms in total. The molecule has 3 heteroatoms. The Balaban J connectivity index is 2.33. The number of hydrogen-bond donors (Lipinski definition) is 0. The summed E-state index contributed by atoms with van der Waals surface area (Å²) in [6.07, 6.45) is 5.25. The lowest BCUT2D eigenvalue weighted by atomic mass is 10.1. The second-order valence-electron chi connectivity index (χ2n) is 3.25. The van der Waals surface area contributed by atoms with E-state index in [4.69, 9.17) is 4.74 Å². The Morgan fingerprint density at radius 1 is 1.69 bits per heavy atom. The van der Waals surface area contributed by atoms with Crippen LogP contribution in [-0.2, 0) is 14.3 Å². The topological polar surface area (TPSA) is 35.5 Å². The summed E-state index contributed by atoms with van der Waals surface area (Å²) in [5, 5.41) is 0. The number of methoxy groups -OCH3 is 1. The Morgan fingerprint density at radius 3 is 3.00 bits per heavy atom. The minimum atomic E-state index is -0.252. The van der Waals surface area contributed by atoms with E-state index in [1.54, 1.807) is 6.92 Å². The highest BCUT2D eigenvalue weighted by atomic mass is 16.5. The van der Waals surface area contributed by atoms with E-state index in [9.17, 15) is 4.79 Å². The second kappa shape index (κ2) is 5.02. The van der Waals surface area contributed by atoms with Gasteiger partial charge in [0.2, 0.25) is 0 Å². The Morgan fingerprint density at radius 2 is 2.46 bits per heavy atom. The van der Waals surface area contributed by atoms with Crippen LogP contribution in [0.1, 0.15) is 26.2 Å². The van der Waals surface area contributed by atoms with Gasteiger partial charge in [-0.15, -0.1) is 0 Å². The normalized spacial score (nSPS) is 23.2. The van der Waals surface area contributed by atoms with Crippen LogP contribution in [0.15, 0.2) is 11.6 Å². The van der Waals surface area contributed by atoms with E-state index in [1.165, 1.54) is 7.11 Å². The predicted molar refractivity (Wildman–Crippen MR) is 49.4 cm³/mol. The molecule has 0 saturated carbocycles. The van der Waals surface area contributed by atoms with E-state index < -0.39 is 0 Å². The summed E-state index contributed by atoms with van der Waals surface area (Å²) < 4.78 is 10.00. The number of carbonyl (C=O) groups excluding carboxylic acids is 1. The van der Waals surface area contributed by atoms with Crippen molar-refractivity contribution in [3.8, 4) is 0 Å². The lowest BCUT2D eigenvalue weighted by Crippen LogP contribution is -2.06. The zero-order valence-corrected chi connectivity index (χ0v) is 8.21. The van der Waals surface area contributed by atoms with Crippen molar-refractivity contribution < 1.29 is 14.3 Å². The van der Waals surface area contributed by atoms with E-state index in [1.807, 2.05) is 6.08 Å². The zero-order chi connectivity index (χ0) is 9.68. The molecule has 1 unspecified atom stereocenters. The molecule has 1 aliphatic heterocycles. The third kappa shape index (κ3) is 3.19. The lowest BCUT2D eigenvalue weighted by Gasteiger charge is -2.05. The molecule has 1 heterocycles. The number of rotatable bonds is 3. The largest absolute Gasteiger partial charge is 0.466 e. The maximum absolute atomic E-state index is 11.0. The Labute approximate surface area is 78.7 Å². The molecule has 1 saturated heterocycles. The van der Waals surface area contributed by atoms with Crippen molar-refractivity contribution >= 4 is 5.97 Å². The molecule has 0 radical (unpaired) electrons. The smallest absolute Gasteiger partial charge is 0.333 e. The molecule has 0 amide bonds. The standard InChI is InChI=1S/C10H16O3/c1-8(10(11)12-2)5-6-9-4-3-7-13-9/h5,9H,3-4,6-7H2,1-2H3. The number of ether oxygens (including phenoxy) is 2. The molecule has 0 aliphatic carbocycles. The monoisotopic (exact) mass is 184 g/mol. The first-order valence-corrected chi connectivity index (χ1v) is 4.60. The van der Waals surface area contributed by atoms with Crippen LogP contribution in [0.3, 0.4) is 0 Å². The molecule has 0 aromatic rings. The summed E-state index contributed by atoms with van der Waals surface area (Å²) in [6.45, 7) is 2.62. The first kappa shape index (κ1) is 10.3. The lowest BCUT2D eigenvalue weighted by molar-refractivity contribution is -0.136. The minimum Gasteiger partial charge on any atom is -0.466 e. The molecule has 0 spiro atoms. The molecular formula is C10H16O3. The van der Waals surface area contributed by atoms with Gasteiger partial charge in [0.15, 0.2) is 0 Å². The molecule has 0 aromatic carbocycles. The number of hydrogen-bond acceptors (Lipinski definition) is 3. The van der Waals surface area contributed by atoms with Gasteiger partial charge < -0.3 is 9.47 Å². The quantitative estimate of drug-likeness (QED) is 0.494. The van der Waals surface area contributed by atoms with Crippen molar-refractivity contribution in [2.24, 2.45) is 0 Å². The molecule has 74 valence electrons. The summed E-state index contributed by atoms with van der Waals surface area (Å²) in [7, 11) is 1.39. The van der Waals surface area contributed by atoms with Gasteiger partial charge in [0.25, 0.3) is 0 Å². The first-order chi connectivity index (χ1) is 6.24. The van der Waals surface area contributed by atoms with E-state index in [0.717, 1.165) is 25.9 Å². The van der Waals surface area contributed by atoms with Crippen LogP contribution in [0.4, 0.5) is 0 Å². The predicted octanol–water partition coefficient (Wildman–Crippen LogP) is 1.67. The Kier molecular flexibility index (Phi) is 3.96. The van der Waals surface area contributed by atoms with Crippen LogP contribution in [0.5, 0.6) is 0 Å². The second-order valence-corrected chi connectivity index (χ2v) is 3.25. The van der Waals surface area contributed by atoms with Gasteiger partial charge in [-0.25, -0.2) is 4.79 Å². The molecule has 1 fully saturated rings. The summed E-state index contributed by atoms with van der Waals surface area (Å²) in [5.74, 6) is -0.252. The van der Waals surface area contributed by atoms with E-state index in [2.05, 4.69) is 4.74 Å². The van der Waals surface area contributed by atoms with E-state index in [-0.39, 0.29) is 5.97 Å². The summed E-state index contributed by atoms with van der Waals surface area (Å²) in [5.41, 5.74) is 0.665. The van der Waals surface area contributed by atoms with Gasteiger partial charge in [0, 0.05) is 12.2 Å². The number of carbonyl (C=O) groups is 1. The fourth-order valence-corrected chi connectivity index (χ4v) is 1.38. The first-order valence-electron chi connectivity index (χ1n) is 4.60. The third-order valence-electron chi connectivity index (χ3n) is 2.22. The van der Waals surface area contributed by atoms with Gasteiger partial charge in [0.1, 0.15) is 0 Å². The van der Waals surface area contributed by atoms with Gasteiger partial charge in [-0.2, -0.15) is 0 Å². The average Bonchev–Trinajstić information content (AvgIpc) is 2.65. The maximum Gasteiger partial charge on any atom is 0.333 e. The van der Waals surface area contributed by atoms with Gasteiger partial charge in [-0.1, -0.05) is 6.08 Å². The molecule has 13 heavy (non-hydrogen) atoms. The average molecular weight is 184 g/mol. The minimum absolute atomic E-state index is 0.252. The molecular weight excluding hydrogens is 168 g/mol. The van der Waals surface area contributed by atoms with Crippen molar-refractivity contribution in [2.45, 2.75) is 32.3 Å².